The van der Waals surface area contributed by atoms with E-state index in [1.807, 2.05) is 30.3 Å². The quantitative estimate of drug-likeness (QED) is 0.166. The second-order valence-corrected chi connectivity index (χ2v) is 16.8. The molecule has 3 aromatic carbocycles. The van der Waals surface area contributed by atoms with Crippen molar-refractivity contribution in [3.05, 3.63) is 89.0 Å². The number of hydrogen-bond acceptors (Lipinski definition) is 7. The Morgan fingerprint density at radius 3 is 2.30 bits per heavy atom. The number of rotatable bonds is 11. The number of likely N-dealkylation sites (tertiary alicyclic amines) is 2. The Kier molecular flexibility index (Phi) is 10.6. The highest BCUT2D eigenvalue weighted by atomic mass is 32.2. The first-order valence-corrected chi connectivity index (χ1v) is 20.5. The number of carbonyl (C=O) groups is 1. The molecule has 3 heterocycles. The van der Waals surface area contributed by atoms with Crippen LogP contribution < -0.4 is 10.1 Å². The summed E-state index contributed by atoms with van der Waals surface area (Å²) < 4.78 is 75.2. The van der Waals surface area contributed by atoms with Crippen LogP contribution in [0.5, 0.6) is 5.75 Å². The van der Waals surface area contributed by atoms with Crippen LogP contribution in [0, 0.1) is 0 Å². The molecule has 4 aromatic rings. The van der Waals surface area contributed by atoms with Crippen molar-refractivity contribution in [2.24, 2.45) is 0 Å². The Balaban J connectivity index is 1.41. The van der Waals surface area contributed by atoms with Gasteiger partial charge in [0.25, 0.3) is 5.91 Å². The summed E-state index contributed by atoms with van der Waals surface area (Å²) in [6.45, 7) is 7.40. The molecule has 282 valence electrons. The number of alkyl halides is 3. The number of halogens is 3. The van der Waals surface area contributed by atoms with Gasteiger partial charge in [-0.3, -0.25) is 9.69 Å². The van der Waals surface area contributed by atoms with E-state index in [1.54, 1.807) is 19.9 Å². The lowest BCUT2D eigenvalue weighted by Crippen LogP contribution is -2.46. The largest absolute Gasteiger partial charge is 0.492 e. The predicted octanol–water partition coefficient (Wildman–Crippen LogP) is 7.98. The van der Waals surface area contributed by atoms with Crippen LogP contribution in [-0.4, -0.2) is 73.7 Å². The Morgan fingerprint density at radius 2 is 1.66 bits per heavy atom. The number of amides is 1. The van der Waals surface area contributed by atoms with Gasteiger partial charge in [-0.2, -0.15) is 13.2 Å². The number of fused-ring (bicyclic) bond motifs is 1. The van der Waals surface area contributed by atoms with E-state index in [4.69, 9.17) is 9.72 Å². The van der Waals surface area contributed by atoms with Crippen molar-refractivity contribution < 1.29 is 31.1 Å². The molecule has 3 fully saturated rings. The number of nitrogens with one attached hydrogen (secondary N) is 1. The molecule has 2 aliphatic heterocycles. The van der Waals surface area contributed by atoms with Crippen LogP contribution >= 0.6 is 0 Å². The third-order valence-electron chi connectivity index (χ3n) is 11.1. The Labute approximate surface area is 309 Å². The first-order chi connectivity index (χ1) is 25.4. The molecular weight excluding hydrogens is 702 g/mol. The molecule has 1 aromatic heterocycles. The second kappa shape index (κ2) is 15.0. The van der Waals surface area contributed by atoms with E-state index in [1.165, 1.54) is 37.5 Å². The summed E-state index contributed by atoms with van der Waals surface area (Å²) >= 11 is 0. The average molecular weight is 749 g/mol. The molecule has 1 amide bonds. The standard InChI is InChI=1S/C41H47F3N4O4S/c1-3-52-35-26-34-32(25-36(35)53(50,51)4-2)37(39(49)46-40(18-19-40)29-13-7-5-8-14-29)33(38(45-34)28-12-11-15-30(24-28)41(42,43)44)27-47-22-16-31(17-23-47)48-20-9-6-10-21-48/h5,7-8,11-15,24-26,31H,3-4,6,9-10,16-23,27H2,1-2H3,(H,46,49). The minimum Gasteiger partial charge on any atom is -0.492 e. The number of aromatic nitrogens is 1. The van der Waals surface area contributed by atoms with E-state index in [0.717, 1.165) is 69.6 Å². The van der Waals surface area contributed by atoms with Crippen LogP contribution in [0.15, 0.2) is 71.6 Å². The van der Waals surface area contributed by atoms with Gasteiger partial charge < -0.3 is 15.0 Å². The Morgan fingerprint density at radius 1 is 0.943 bits per heavy atom. The number of hydrogen-bond donors (Lipinski definition) is 1. The third-order valence-corrected chi connectivity index (χ3v) is 12.9. The lowest BCUT2D eigenvalue weighted by atomic mass is 9.93. The van der Waals surface area contributed by atoms with Crippen LogP contribution in [0.2, 0.25) is 0 Å². The van der Waals surface area contributed by atoms with Crippen LogP contribution in [0.25, 0.3) is 22.2 Å². The van der Waals surface area contributed by atoms with Gasteiger partial charge in [0, 0.05) is 35.2 Å². The monoisotopic (exact) mass is 748 g/mol. The maximum absolute atomic E-state index is 14.9. The molecule has 0 radical (unpaired) electrons. The van der Waals surface area contributed by atoms with Crippen molar-refractivity contribution in [2.45, 2.75) is 88.0 Å². The SMILES string of the molecule is CCOc1cc2nc(-c3cccc(C(F)(F)F)c3)c(CN3CCC(N4CCCCC4)CC3)c(C(=O)NC3(c4ccccc4)CC3)c2cc1S(=O)(=O)CC. The van der Waals surface area contributed by atoms with Gasteiger partial charge in [-0.1, -0.05) is 55.8 Å². The fraction of sp³-hybridized carbons (Fsp3) is 0.463. The van der Waals surface area contributed by atoms with E-state index in [9.17, 15) is 26.4 Å². The minimum absolute atomic E-state index is 0.0468. The summed E-state index contributed by atoms with van der Waals surface area (Å²) in [5, 5.41) is 3.61. The second-order valence-electron chi connectivity index (χ2n) is 14.6. The van der Waals surface area contributed by atoms with Gasteiger partial charge in [0.15, 0.2) is 9.84 Å². The van der Waals surface area contributed by atoms with Crippen LogP contribution in [0.1, 0.15) is 85.8 Å². The molecule has 0 atom stereocenters. The zero-order chi connectivity index (χ0) is 37.4. The number of benzene rings is 3. The fourth-order valence-corrected chi connectivity index (χ4v) is 9.10. The summed E-state index contributed by atoms with van der Waals surface area (Å²) in [4.78, 5) is 24.7. The van der Waals surface area contributed by atoms with E-state index >= 15 is 0 Å². The Hall–Kier alpha value is -4.00. The smallest absolute Gasteiger partial charge is 0.416 e. The van der Waals surface area contributed by atoms with Gasteiger partial charge in [-0.15, -0.1) is 0 Å². The average Bonchev–Trinajstić information content (AvgIpc) is 3.95. The zero-order valence-corrected chi connectivity index (χ0v) is 31.2. The molecule has 0 spiro atoms. The van der Waals surface area contributed by atoms with E-state index in [2.05, 4.69) is 15.1 Å². The fourth-order valence-electron chi connectivity index (χ4n) is 8.07. The van der Waals surface area contributed by atoms with Gasteiger partial charge >= 0.3 is 6.18 Å². The first-order valence-electron chi connectivity index (χ1n) is 18.8. The minimum atomic E-state index is -4.59. The summed E-state index contributed by atoms with van der Waals surface area (Å²) in [6, 6.07) is 18.2. The van der Waals surface area contributed by atoms with Crippen molar-refractivity contribution in [3.8, 4) is 17.0 Å². The Bertz CT molecular complexity index is 2070. The summed E-state index contributed by atoms with van der Waals surface area (Å²) in [6.07, 6.45) is 2.38. The molecule has 12 heteroatoms. The molecule has 0 unspecified atom stereocenters. The van der Waals surface area contributed by atoms with Gasteiger partial charge in [-0.25, -0.2) is 13.4 Å². The van der Waals surface area contributed by atoms with Crippen LogP contribution in [0.3, 0.4) is 0 Å². The molecule has 1 saturated carbocycles. The predicted molar refractivity (Wildman–Crippen MR) is 200 cm³/mol. The van der Waals surface area contributed by atoms with Crippen molar-refractivity contribution >= 4 is 26.6 Å². The third kappa shape index (κ3) is 7.82. The number of nitrogens with zero attached hydrogens (tertiary/aromatic N) is 3. The van der Waals surface area contributed by atoms with E-state index < -0.39 is 33.0 Å². The molecule has 0 bridgehead atoms. The normalized spacial score (nSPS) is 18.6. The van der Waals surface area contributed by atoms with Gasteiger partial charge in [0.05, 0.1) is 40.2 Å². The molecular formula is C41H47F3N4O4S. The van der Waals surface area contributed by atoms with Gasteiger partial charge in [0.2, 0.25) is 0 Å². The summed E-state index contributed by atoms with van der Waals surface area (Å²) in [7, 11) is -3.82. The first kappa shape index (κ1) is 37.3. The number of carbonyl (C=O) groups excluding carboxylic acids is 1. The zero-order valence-electron chi connectivity index (χ0n) is 30.3. The number of ether oxygens (including phenoxy) is 1. The molecule has 7 rings (SSSR count). The van der Waals surface area contributed by atoms with Crippen molar-refractivity contribution in [3.63, 3.8) is 0 Å². The maximum Gasteiger partial charge on any atom is 0.416 e. The molecule has 3 aliphatic rings. The van der Waals surface area contributed by atoms with E-state index in [0.29, 0.717) is 17.0 Å². The van der Waals surface area contributed by atoms with Crippen LogP contribution in [0.4, 0.5) is 13.2 Å². The van der Waals surface area contributed by atoms with Crippen molar-refractivity contribution in [1.82, 2.24) is 20.1 Å². The molecule has 53 heavy (non-hydrogen) atoms. The van der Waals surface area contributed by atoms with Crippen LogP contribution in [-0.2, 0) is 28.1 Å². The highest BCUT2D eigenvalue weighted by molar-refractivity contribution is 7.91. The van der Waals surface area contributed by atoms with Gasteiger partial charge in [0.1, 0.15) is 10.6 Å². The lowest BCUT2D eigenvalue weighted by Gasteiger charge is -2.40. The molecule has 2 saturated heterocycles. The molecule has 1 aliphatic carbocycles. The van der Waals surface area contributed by atoms with Crippen molar-refractivity contribution in [2.75, 3.05) is 38.5 Å². The number of piperidine rings is 2. The highest BCUT2D eigenvalue weighted by Gasteiger charge is 2.46. The summed E-state index contributed by atoms with van der Waals surface area (Å²) in [5.74, 6) is -0.522. The lowest BCUT2D eigenvalue weighted by molar-refractivity contribution is -0.137. The maximum atomic E-state index is 14.9. The molecule has 8 nitrogen and oxygen atoms in total. The summed E-state index contributed by atoms with van der Waals surface area (Å²) in [5.41, 5.74) is 0.954. The number of sulfone groups is 1. The van der Waals surface area contributed by atoms with Crippen molar-refractivity contribution in [1.29, 1.82) is 0 Å². The van der Waals surface area contributed by atoms with Gasteiger partial charge in [-0.05, 0) is 95.4 Å². The number of pyridine rings is 1. The highest BCUT2D eigenvalue weighted by Crippen LogP contribution is 2.46. The van der Waals surface area contributed by atoms with E-state index in [-0.39, 0.29) is 51.9 Å². The molecule has 1 N–H and O–H groups in total. The topological polar surface area (TPSA) is 91.8 Å².